The maximum absolute atomic E-state index is 12.1. The molecule has 6 heteroatoms. The van der Waals surface area contributed by atoms with Gasteiger partial charge < -0.3 is 4.74 Å². The average molecular weight is 302 g/mol. The predicted molar refractivity (Wildman–Crippen MR) is 82.4 cm³/mol. The van der Waals surface area contributed by atoms with Crippen LogP contribution in [0.15, 0.2) is 24.3 Å². The van der Waals surface area contributed by atoms with Gasteiger partial charge in [-0.25, -0.2) is 9.48 Å². The Morgan fingerprint density at radius 2 is 1.91 bits per heavy atom. The number of rotatable bonds is 5. The number of benzene rings is 1. The molecule has 0 amide bonds. The number of nitrogens with zero attached hydrogens (tertiary/aromatic N) is 4. The molecule has 0 saturated carbocycles. The maximum atomic E-state index is 12.1. The molecular weight excluding hydrogens is 280 g/mol. The van der Waals surface area contributed by atoms with Crippen LogP contribution in [-0.4, -0.2) is 26.2 Å². The first-order chi connectivity index (χ1) is 10.4. The third-order valence-electron chi connectivity index (χ3n) is 3.36. The number of esters is 1. The molecule has 0 spiro atoms. The van der Waals surface area contributed by atoms with Crippen molar-refractivity contribution >= 4 is 5.97 Å². The first-order valence-electron chi connectivity index (χ1n) is 7.44. The lowest BCUT2D eigenvalue weighted by molar-refractivity contribution is 0.0456. The molecule has 0 aliphatic rings. The van der Waals surface area contributed by atoms with Crippen molar-refractivity contribution in [1.82, 2.24) is 20.2 Å². The highest BCUT2D eigenvalue weighted by molar-refractivity contribution is 5.89. The minimum Gasteiger partial charge on any atom is -0.454 e. The van der Waals surface area contributed by atoms with E-state index in [4.69, 9.17) is 4.74 Å². The highest BCUT2D eigenvalue weighted by Crippen LogP contribution is 2.22. The van der Waals surface area contributed by atoms with E-state index in [1.807, 2.05) is 19.1 Å². The minimum absolute atomic E-state index is 0.0602. The number of ether oxygens (including phenoxy) is 1. The molecule has 118 valence electrons. The van der Waals surface area contributed by atoms with Crippen LogP contribution in [-0.2, 0) is 23.3 Å². The predicted octanol–water partition coefficient (Wildman–Crippen LogP) is 2.74. The van der Waals surface area contributed by atoms with E-state index >= 15 is 0 Å². The molecule has 1 aromatic heterocycles. The van der Waals surface area contributed by atoms with Gasteiger partial charge in [-0.3, -0.25) is 0 Å². The van der Waals surface area contributed by atoms with E-state index in [-0.39, 0.29) is 18.0 Å². The van der Waals surface area contributed by atoms with Gasteiger partial charge in [-0.1, -0.05) is 39.8 Å². The highest BCUT2D eigenvalue weighted by atomic mass is 16.5. The van der Waals surface area contributed by atoms with Gasteiger partial charge in [0.25, 0.3) is 0 Å². The Balaban J connectivity index is 1.99. The molecule has 0 radical (unpaired) electrons. The topological polar surface area (TPSA) is 69.9 Å². The zero-order valence-electron chi connectivity index (χ0n) is 13.5. The molecule has 1 heterocycles. The van der Waals surface area contributed by atoms with Crippen LogP contribution in [0.1, 0.15) is 55.9 Å². The van der Waals surface area contributed by atoms with Gasteiger partial charge >= 0.3 is 5.97 Å². The first-order valence-corrected chi connectivity index (χ1v) is 7.44. The molecular formula is C16H22N4O2. The first kappa shape index (κ1) is 16.1. The lowest BCUT2D eigenvalue weighted by Gasteiger charge is -2.18. The third-order valence-corrected chi connectivity index (χ3v) is 3.36. The summed E-state index contributed by atoms with van der Waals surface area (Å²) >= 11 is 0. The van der Waals surface area contributed by atoms with Crippen LogP contribution in [0.2, 0.25) is 0 Å². The van der Waals surface area contributed by atoms with Crippen molar-refractivity contribution < 1.29 is 9.53 Å². The molecule has 0 atom stereocenters. The van der Waals surface area contributed by atoms with E-state index in [1.165, 1.54) is 5.56 Å². The summed E-state index contributed by atoms with van der Waals surface area (Å²) in [6.07, 6.45) is 0.917. The Labute approximate surface area is 130 Å². The van der Waals surface area contributed by atoms with Crippen LogP contribution in [0, 0.1) is 0 Å². The Kier molecular flexibility index (Phi) is 4.90. The molecule has 1 aromatic carbocycles. The number of carbonyl (C=O) groups excluding carboxylic acids is 1. The van der Waals surface area contributed by atoms with Crippen LogP contribution in [0.5, 0.6) is 0 Å². The van der Waals surface area contributed by atoms with Crippen molar-refractivity contribution in [2.24, 2.45) is 0 Å². The van der Waals surface area contributed by atoms with Crippen molar-refractivity contribution in [2.45, 2.75) is 52.7 Å². The zero-order chi connectivity index (χ0) is 16.2. The number of carbonyl (C=O) groups is 1. The van der Waals surface area contributed by atoms with E-state index in [1.54, 1.807) is 16.8 Å². The van der Waals surface area contributed by atoms with Gasteiger partial charge in [-0.05, 0) is 40.0 Å². The van der Waals surface area contributed by atoms with Crippen molar-refractivity contribution in [3.63, 3.8) is 0 Å². The van der Waals surface area contributed by atoms with E-state index in [0.717, 1.165) is 6.42 Å². The molecule has 0 aliphatic carbocycles. The number of hydrogen-bond acceptors (Lipinski definition) is 5. The molecule has 0 N–H and O–H groups in total. The lowest BCUT2D eigenvalue weighted by atomic mass is 9.87. The van der Waals surface area contributed by atoms with E-state index in [9.17, 15) is 4.79 Å². The van der Waals surface area contributed by atoms with Gasteiger partial charge in [0.15, 0.2) is 12.4 Å². The second-order valence-electron chi connectivity index (χ2n) is 6.22. The third kappa shape index (κ3) is 3.90. The van der Waals surface area contributed by atoms with Gasteiger partial charge in [-0.15, -0.1) is 5.10 Å². The monoisotopic (exact) mass is 302 g/mol. The van der Waals surface area contributed by atoms with Gasteiger partial charge in [0.2, 0.25) is 0 Å². The normalized spacial score (nSPS) is 11.5. The molecule has 0 unspecified atom stereocenters. The summed E-state index contributed by atoms with van der Waals surface area (Å²) in [6.45, 7) is 9.22. The van der Waals surface area contributed by atoms with E-state index in [2.05, 4.69) is 36.3 Å². The molecule has 22 heavy (non-hydrogen) atoms. The lowest BCUT2D eigenvalue weighted by Crippen LogP contribution is -2.13. The zero-order valence-corrected chi connectivity index (χ0v) is 13.5. The van der Waals surface area contributed by atoms with Crippen LogP contribution < -0.4 is 0 Å². The van der Waals surface area contributed by atoms with Gasteiger partial charge in [0.05, 0.1) is 5.56 Å². The number of tetrazole rings is 1. The Hall–Kier alpha value is -2.24. The van der Waals surface area contributed by atoms with E-state index in [0.29, 0.717) is 17.9 Å². The fraction of sp³-hybridized carbons (Fsp3) is 0.500. The van der Waals surface area contributed by atoms with Crippen LogP contribution in [0.25, 0.3) is 0 Å². The largest absolute Gasteiger partial charge is 0.454 e. The van der Waals surface area contributed by atoms with Gasteiger partial charge in [0, 0.05) is 6.54 Å². The number of aryl methyl sites for hydroxylation is 1. The Morgan fingerprint density at radius 1 is 1.23 bits per heavy atom. The van der Waals surface area contributed by atoms with Crippen molar-refractivity contribution in [2.75, 3.05) is 0 Å². The molecule has 2 aromatic rings. The number of aromatic nitrogens is 4. The molecule has 6 nitrogen and oxygen atoms in total. The maximum Gasteiger partial charge on any atom is 0.338 e. The van der Waals surface area contributed by atoms with Crippen LogP contribution in [0.4, 0.5) is 0 Å². The Bertz CT molecular complexity index is 626. The smallest absolute Gasteiger partial charge is 0.338 e. The second kappa shape index (κ2) is 6.68. The molecule has 2 rings (SSSR count). The average Bonchev–Trinajstić information content (AvgIpc) is 2.92. The SMILES string of the molecule is CCCn1nnnc1COC(=O)c1ccc(C(C)(C)C)cc1. The van der Waals surface area contributed by atoms with Gasteiger partial charge in [0.1, 0.15) is 0 Å². The second-order valence-corrected chi connectivity index (χ2v) is 6.22. The Morgan fingerprint density at radius 3 is 2.50 bits per heavy atom. The van der Waals surface area contributed by atoms with Crippen molar-refractivity contribution in [3.05, 3.63) is 41.2 Å². The molecule has 0 aliphatic heterocycles. The summed E-state index contributed by atoms with van der Waals surface area (Å²) in [7, 11) is 0. The quantitative estimate of drug-likeness (QED) is 0.794. The summed E-state index contributed by atoms with van der Waals surface area (Å²) in [5.41, 5.74) is 1.77. The minimum atomic E-state index is -0.369. The van der Waals surface area contributed by atoms with Gasteiger partial charge in [-0.2, -0.15) is 0 Å². The molecule has 0 saturated heterocycles. The standard InChI is InChI=1S/C16H22N4O2/c1-5-10-20-14(17-18-19-20)11-22-15(21)12-6-8-13(9-7-12)16(2,3)4/h6-9H,5,10-11H2,1-4H3. The van der Waals surface area contributed by atoms with Crippen LogP contribution >= 0.6 is 0 Å². The fourth-order valence-corrected chi connectivity index (χ4v) is 2.03. The summed E-state index contributed by atoms with van der Waals surface area (Å²) < 4.78 is 6.93. The summed E-state index contributed by atoms with van der Waals surface area (Å²) in [5.74, 6) is 0.188. The highest BCUT2D eigenvalue weighted by Gasteiger charge is 2.15. The molecule has 0 bridgehead atoms. The fourth-order valence-electron chi connectivity index (χ4n) is 2.03. The summed E-state index contributed by atoms with van der Waals surface area (Å²) in [4.78, 5) is 12.1. The molecule has 0 fully saturated rings. The van der Waals surface area contributed by atoms with Crippen molar-refractivity contribution in [3.8, 4) is 0 Å². The summed E-state index contributed by atoms with van der Waals surface area (Å²) in [5, 5.41) is 11.3. The van der Waals surface area contributed by atoms with Crippen molar-refractivity contribution in [1.29, 1.82) is 0 Å². The number of hydrogen-bond donors (Lipinski definition) is 0. The van der Waals surface area contributed by atoms with E-state index < -0.39 is 0 Å². The van der Waals surface area contributed by atoms with Crippen LogP contribution in [0.3, 0.4) is 0 Å². The summed E-state index contributed by atoms with van der Waals surface area (Å²) in [6, 6.07) is 7.49.